The second-order valence-corrected chi connectivity index (χ2v) is 6.06. The predicted molar refractivity (Wildman–Crippen MR) is 61.2 cm³/mol. The van der Waals surface area contributed by atoms with Gasteiger partial charge in [-0.05, 0) is 36.5 Å². The van der Waals surface area contributed by atoms with Crippen LogP contribution in [0.5, 0.6) is 0 Å². The third-order valence-electron chi connectivity index (χ3n) is 4.04. The number of halogens is 1. The van der Waals surface area contributed by atoms with Crippen molar-refractivity contribution in [2.75, 3.05) is 5.33 Å². The van der Waals surface area contributed by atoms with E-state index < -0.39 is 0 Å². The number of alkyl halides is 1. The van der Waals surface area contributed by atoms with E-state index in [4.69, 9.17) is 0 Å². The maximum Gasteiger partial charge on any atom is 0.00882 e. The van der Waals surface area contributed by atoms with Crippen molar-refractivity contribution < 1.29 is 0 Å². The third kappa shape index (κ3) is 2.11. The maximum atomic E-state index is 3.72. The lowest BCUT2D eigenvalue weighted by Crippen LogP contribution is -2.38. The van der Waals surface area contributed by atoms with E-state index in [1.165, 1.54) is 50.3 Å². The van der Waals surface area contributed by atoms with Crippen molar-refractivity contribution >= 4 is 15.9 Å². The van der Waals surface area contributed by atoms with E-state index in [9.17, 15) is 0 Å². The molecule has 0 bridgehead atoms. The fourth-order valence-corrected chi connectivity index (χ4v) is 4.26. The topological polar surface area (TPSA) is 0 Å². The molecule has 0 radical (unpaired) electrons. The Morgan fingerprint density at radius 2 is 1.85 bits per heavy atom. The molecule has 0 aromatic rings. The minimum Gasteiger partial charge on any atom is -0.0922 e. The largest absolute Gasteiger partial charge is 0.0922 e. The van der Waals surface area contributed by atoms with Crippen LogP contribution in [0.25, 0.3) is 0 Å². The molecule has 2 aliphatic rings. The molecular weight excluding hydrogens is 224 g/mol. The summed E-state index contributed by atoms with van der Waals surface area (Å²) in [5, 5.41) is 1.25. The number of hydrogen-bond acceptors (Lipinski definition) is 0. The molecule has 0 spiro atoms. The van der Waals surface area contributed by atoms with Crippen LogP contribution < -0.4 is 0 Å². The monoisotopic (exact) mass is 244 g/mol. The first-order valence-electron chi connectivity index (χ1n) is 5.80. The molecule has 2 fully saturated rings. The van der Waals surface area contributed by atoms with Gasteiger partial charge in [-0.15, -0.1) is 0 Å². The Balaban J connectivity index is 1.84. The fraction of sp³-hybridized carbons (Fsp3) is 1.00. The summed E-state index contributed by atoms with van der Waals surface area (Å²) in [4.78, 5) is 0. The van der Waals surface area contributed by atoms with Crippen molar-refractivity contribution in [3.8, 4) is 0 Å². The molecule has 0 unspecified atom stereocenters. The summed E-state index contributed by atoms with van der Waals surface area (Å²) in [6.07, 6.45) is 10.5. The van der Waals surface area contributed by atoms with Gasteiger partial charge in [-0.25, -0.2) is 0 Å². The molecule has 0 atom stereocenters. The second kappa shape index (κ2) is 3.92. The highest BCUT2D eigenvalue weighted by Gasteiger charge is 2.42. The molecule has 2 saturated carbocycles. The van der Waals surface area contributed by atoms with Gasteiger partial charge >= 0.3 is 0 Å². The van der Waals surface area contributed by atoms with Gasteiger partial charge in [0.05, 0.1) is 0 Å². The van der Waals surface area contributed by atoms with Crippen molar-refractivity contribution in [2.45, 2.75) is 51.9 Å². The van der Waals surface area contributed by atoms with Crippen LogP contribution >= 0.6 is 15.9 Å². The summed E-state index contributed by atoms with van der Waals surface area (Å²) < 4.78 is 0. The van der Waals surface area contributed by atoms with Gasteiger partial charge in [-0.3, -0.25) is 0 Å². The van der Waals surface area contributed by atoms with Crippen LogP contribution in [-0.4, -0.2) is 5.33 Å². The maximum absolute atomic E-state index is 3.72. The molecular formula is C12H21Br. The molecule has 0 aromatic carbocycles. The summed E-state index contributed by atoms with van der Waals surface area (Å²) in [5.74, 6) is 2.07. The summed E-state index contributed by atoms with van der Waals surface area (Å²) >= 11 is 3.72. The van der Waals surface area contributed by atoms with E-state index in [0.717, 1.165) is 11.8 Å². The Labute approximate surface area is 90.6 Å². The van der Waals surface area contributed by atoms with E-state index in [1.54, 1.807) is 0 Å². The molecule has 0 amide bonds. The van der Waals surface area contributed by atoms with Crippen molar-refractivity contribution in [2.24, 2.45) is 17.3 Å². The Hall–Kier alpha value is 0.480. The van der Waals surface area contributed by atoms with E-state index in [-0.39, 0.29) is 0 Å². The van der Waals surface area contributed by atoms with Gasteiger partial charge in [0.15, 0.2) is 0 Å². The zero-order chi connectivity index (χ0) is 9.31. The van der Waals surface area contributed by atoms with Gasteiger partial charge in [0.25, 0.3) is 0 Å². The minimum atomic E-state index is 0.717. The molecule has 0 aliphatic heterocycles. The Morgan fingerprint density at radius 1 is 1.23 bits per heavy atom. The minimum absolute atomic E-state index is 0.717. The van der Waals surface area contributed by atoms with Crippen molar-refractivity contribution in [3.63, 3.8) is 0 Å². The molecule has 0 N–H and O–H groups in total. The van der Waals surface area contributed by atoms with E-state index in [2.05, 4.69) is 22.9 Å². The zero-order valence-electron chi connectivity index (χ0n) is 8.69. The van der Waals surface area contributed by atoms with Gasteiger partial charge < -0.3 is 0 Å². The Morgan fingerprint density at radius 3 is 2.31 bits per heavy atom. The smallest absolute Gasteiger partial charge is 0.00882 e. The molecule has 0 saturated heterocycles. The molecule has 1 heteroatoms. The molecule has 0 nitrogen and oxygen atoms in total. The highest BCUT2D eigenvalue weighted by molar-refractivity contribution is 9.09. The SMILES string of the molecule is CC1CC(CBr)(CC2CCCC2)C1. The normalized spacial score (nSPS) is 40.6. The van der Waals surface area contributed by atoms with Crippen LogP contribution in [-0.2, 0) is 0 Å². The first-order valence-corrected chi connectivity index (χ1v) is 6.92. The lowest BCUT2D eigenvalue weighted by atomic mass is 9.60. The predicted octanol–water partition coefficient (Wildman–Crippen LogP) is 4.38. The first kappa shape index (κ1) is 10.0. The zero-order valence-corrected chi connectivity index (χ0v) is 10.3. The highest BCUT2D eigenvalue weighted by Crippen LogP contribution is 2.52. The second-order valence-electron chi connectivity index (χ2n) is 5.50. The summed E-state index contributed by atoms with van der Waals surface area (Å²) in [6.45, 7) is 2.40. The van der Waals surface area contributed by atoms with Gasteiger partial charge in [0.1, 0.15) is 0 Å². The highest BCUT2D eigenvalue weighted by atomic mass is 79.9. The molecule has 2 rings (SSSR count). The lowest BCUT2D eigenvalue weighted by molar-refractivity contribution is 0.0647. The fourth-order valence-electron chi connectivity index (χ4n) is 3.58. The van der Waals surface area contributed by atoms with Crippen LogP contribution in [0.15, 0.2) is 0 Å². The van der Waals surface area contributed by atoms with Crippen LogP contribution in [0.4, 0.5) is 0 Å². The summed E-state index contributed by atoms with van der Waals surface area (Å²) in [7, 11) is 0. The van der Waals surface area contributed by atoms with Gasteiger partial charge in [0, 0.05) is 5.33 Å². The third-order valence-corrected chi connectivity index (χ3v) is 5.23. The molecule has 0 aromatic heterocycles. The van der Waals surface area contributed by atoms with Crippen LogP contribution in [0.2, 0.25) is 0 Å². The van der Waals surface area contributed by atoms with Crippen molar-refractivity contribution in [1.29, 1.82) is 0 Å². The standard InChI is InChI=1S/C12H21Br/c1-10-6-12(7-10,9-13)8-11-4-2-3-5-11/h10-11H,2-9H2,1H3. The van der Waals surface area contributed by atoms with Crippen LogP contribution in [0.3, 0.4) is 0 Å². The summed E-state index contributed by atoms with van der Waals surface area (Å²) in [5.41, 5.74) is 0.717. The van der Waals surface area contributed by atoms with Crippen LogP contribution in [0.1, 0.15) is 51.9 Å². The summed E-state index contributed by atoms with van der Waals surface area (Å²) in [6, 6.07) is 0. The Bertz CT molecular complexity index is 164. The van der Waals surface area contributed by atoms with Crippen LogP contribution in [0, 0.1) is 17.3 Å². The number of rotatable bonds is 3. The van der Waals surface area contributed by atoms with E-state index in [0.29, 0.717) is 5.41 Å². The number of hydrogen-bond donors (Lipinski definition) is 0. The molecule has 76 valence electrons. The van der Waals surface area contributed by atoms with E-state index >= 15 is 0 Å². The quantitative estimate of drug-likeness (QED) is 0.647. The van der Waals surface area contributed by atoms with Gasteiger partial charge in [0.2, 0.25) is 0 Å². The first-order chi connectivity index (χ1) is 6.24. The van der Waals surface area contributed by atoms with E-state index in [1.807, 2.05) is 0 Å². The lowest BCUT2D eigenvalue weighted by Gasteiger charge is -2.47. The molecule has 13 heavy (non-hydrogen) atoms. The molecule has 2 aliphatic carbocycles. The van der Waals surface area contributed by atoms with Crippen molar-refractivity contribution in [1.82, 2.24) is 0 Å². The average molecular weight is 245 g/mol. The van der Waals surface area contributed by atoms with Gasteiger partial charge in [-0.2, -0.15) is 0 Å². The Kier molecular flexibility index (Phi) is 3.02. The van der Waals surface area contributed by atoms with Crippen molar-refractivity contribution in [3.05, 3.63) is 0 Å². The van der Waals surface area contributed by atoms with Gasteiger partial charge in [-0.1, -0.05) is 48.5 Å². The molecule has 0 heterocycles. The average Bonchev–Trinajstić information content (AvgIpc) is 2.53.